The smallest absolute Gasteiger partial charge is 0.160 e. The molecule has 0 aromatic heterocycles. The van der Waals surface area contributed by atoms with Gasteiger partial charge < -0.3 is 14.4 Å². The molecule has 0 aliphatic rings. The first-order chi connectivity index (χ1) is 9.24. The number of benzene rings is 1. The Hall–Kier alpha value is -0.640. The molecule has 3 nitrogen and oxygen atoms in total. The van der Waals surface area contributed by atoms with E-state index in [1.807, 2.05) is 12.1 Å². The number of ether oxygens (including phenoxy) is 2. The number of nitrogens with zero attached hydrogens (tertiary/aromatic N) is 1. The lowest BCUT2D eigenvalue weighted by Gasteiger charge is -2.20. The standard InChI is InChI=1S/C14H21Cl2NO2/c1-18-13-4-3-12(11-14(13)19-2)5-8-17(9-6-15)10-7-16/h3-4,11H,5-10H2,1-2H3. The molecule has 0 heterocycles. The fourth-order valence-corrected chi connectivity index (χ4v) is 2.38. The Labute approximate surface area is 125 Å². The van der Waals surface area contributed by atoms with Crippen LogP contribution in [0.2, 0.25) is 0 Å². The van der Waals surface area contributed by atoms with E-state index < -0.39 is 0 Å². The highest BCUT2D eigenvalue weighted by Crippen LogP contribution is 2.27. The Balaban J connectivity index is 2.60. The summed E-state index contributed by atoms with van der Waals surface area (Å²) in [6.45, 7) is 2.66. The average Bonchev–Trinajstić information content (AvgIpc) is 2.44. The van der Waals surface area contributed by atoms with Crippen molar-refractivity contribution >= 4 is 23.2 Å². The van der Waals surface area contributed by atoms with E-state index in [1.54, 1.807) is 14.2 Å². The van der Waals surface area contributed by atoms with Crippen LogP contribution in [-0.2, 0) is 6.42 Å². The Kier molecular flexibility index (Phi) is 8.03. The third kappa shape index (κ3) is 5.47. The third-order valence-electron chi connectivity index (χ3n) is 2.97. The normalized spacial score (nSPS) is 10.8. The zero-order valence-corrected chi connectivity index (χ0v) is 13.0. The molecular formula is C14H21Cl2NO2. The van der Waals surface area contributed by atoms with Crippen LogP contribution < -0.4 is 9.47 Å². The summed E-state index contributed by atoms with van der Waals surface area (Å²) in [5.41, 5.74) is 1.21. The van der Waals surface area contributed by atoms with Gasteiger partial charge in [0, 0.05) is 31.4 Å². The highest BCUT2D eigenvalue weighted by Gasteiger charge is 2.07. The third-order valence-corrected chi connectivity index (χ3v) is 3.30. The topological polar surface area (TPSA) is 21.7 Å². The van der Waals surface area contributed by atoms with Crippen molar-refractivity contribution in [1.82, 2.24) is 4.90 Å². The summed E-state index contributed by atoms with van der Waals surface area (Å²) in [6.07, 6.45) is 0.939. The minimum absolute atomic E-state index is 0.628. The number of methoxy groups -OCH3 is 2. The lowest BCUT2D eigenvalue weighted by molar-refractivity contribution is 0.311. The fourth-order valence-electron chi connectivity index (χ4n) is 1.90. The lowest BCUT2D eigenvalue weighted by Crippen LogP contribution is -2.30. The van der Waals surface area contributed by atoms with Gasteiger partial charge in [0.15, 0.2) is 11.5 Å². The maximum atomic E-state index is 5.78. The van der Waals surface area contributed by atoms with Crippen molar-refractivity contribution in [2.45, 2.75) is 6.42 Å². The monoisotopic (exact) mass is 305 g/mol. The molecule has 108 valence electrons. The molecule has 0 saturated heterocycles. The van der Waals surface area contributed by atoms with Crippen LogP contribution in [0.4, 0.5) is 0 Å². The molecule has 0 amide bonds. The SMILES string of the molecule is COc1ccc(CCN(CCCl)CCCl)cc1OC. The van der Waals surface area contributed by atoms with Crippen LogP contribution in [0.15, 0.2) is 18.2 Å². The predicted molar refractivity (Wildman–Crippen MR) is 81.1 cm³/mol. The van der Waals surface area contributed by atoms with Gasteiger partial charge in [-0.15, -0.1) is 23.2 Å². The minimum Gasteiger partial charge on any atom is -0.493 e. The van der Waals surface area contributed by atoms with Crippen molar-refractivity contribution in [1.29, 1.82) is 0 Å². The van der Waals surface area contributed by atoms with E-state index in [1.165, 1.54) is 5.56 Å². The van der Waals surface area contributed by atoms with E-state index in [0.717, 1.165) is 37.6 Å². The molecule has 5 heteroatoms. The molecule has 0 unspecified atom stereocenters. The second-order valence-electron chi connectivity index (χ2n) is 4.16. The summed E-state index contributed by atoms with van der Waals surface area (Å²) in [6, 6.07) is 6.00. The number of rotatable bonds is 9. The maximum Gasteiger partial charge on any atom is 0.160 e. The molecule has 0 N–H and O–H groups in total. The summed E-state index contributed by atoms with van der Waals surface area (Å²) in [7, 11) is 3.29. The van der Waals surface area contributed by atoms with Crippen LogP contribution in [0.1, 0.15) is 5.56 Å². The van der Waals surface area contributed by atoms with Crippen molar-refractivity contribution in [3.8, 4) is 11.5 Å². The van der Waals surface area contributed by atoms with E-state index >= 15 is 0 Å². The van der Waals surface area contributed by atoms with Gasteiger partial charge in [0.25, 0.3) is 0 Å². The van der Waals surface area contributed by atoms with Gasteiger partial charge in [0.2, 0.25) is 0 Å². The van der Waals surface area contributed by atoms with Crippen molar-refractivity contribution < 1.29 is 9.47 Å². The molecule has 1 rings (SSSR count). The van der Waals surface area contributed by atoms with E-state index in [2.05, 4.69) is 11.0 Å². The lowest BCUT2D eigenvalue weighted by atomic mass is 10.1. The van der Waals surface area contributed by atoms with Gasteiger partial charge in [-0.05, 0) is 24.1 Å². The van der Waals surface area contributed by atoms with Crippen LogP contribution >= 0.6 is 23.2 Å². The van der Waals surface area contributed by atoms with Gasteiger partial charge in [0.05, 0.1) is 14.2 Å². The second kappa shape index (κ2) is 9.29. The molecule has 0 radical (unpaired) electrons. The van der Waals surface area contributed by atoms with Gasteiger partial charge in [-0.3, -0.25) is 0 Å². The van der Waals surface area contributed by atoms with Gasteiger partial charge in [-0.1, -0.05) is 6.07 Å². The van der Waals surface area contributed by atoms with Crippen molar-refractivity contribution in [2.24, 2.45) is 0 Å². The van der Waals surface area contributed by atoms with Gasteiger partial charge in [-0.25, -0.2) is 0 Å². The summed E-state index contributed by atoms with van der Waals surface area (Å²) in [5, 5.41) is 0. The Bertz CT molecular complexity index is 368. The van der Waals surface area contributed by atoms with Crippen molar-refractivity contribution in [3.63, 3.8) is 0 Å². The largest absolute Gasteiger partial charge is 0.493 e. The van der Waals surface area contributed by atoms with Gasteiger partial charge in [-0.2, -0.15) is 0 Å². The molecule has 0 spiro atoms. The molecule has 1 aromatic rings. The van der Waals surface area contributed by atoms with Crippen molar-refractivity contribution in [3.05, 3.63) is 23.8 Å². The molecular weight excluding hydrogens is 285 g/mol. The van der Waals surface area contributed by atoms with Crippen LogP contribution in [0.5, 0.6) is 11.5 Å². The first kappa shape index (κ1) is 16.4. The van der Waals surface area contributed by atoms with Crippen molar-refractivity contribution in [2.75, 3.05) is 45.6 Å². The zero-order valence-electron chi connectivity index (χ0n) is 11.5. The summed E-state index contributed by atoms with van der Waals surface area (Å²) in [4.78, 5) is 2.26. The van der Waals surface area contributed by atoms with E-state index in [0.29, 0.717) is 11.8 Å². The van der Waals surface area contributed by atoms with E-state index in [-0.39, 0.29) is 0 Å². The van der Waals surface area contributed by atoms with Crippen LogP contribution in [0.25, 0.3) is 0 Å². The fraction of sp³-hybridized carbons (Fsp3) is 0.571. The van der Waals surface area contributed by atoms with Crippen LogP contribution in [-0.4, -0.2) is 50.5 Å². The minimum atomic E-state index is 0.628. The first-order valence-corrected chi connectivity index (χ1v) is 7.37. The van der Waals surface area contributed by atoms with Crippen LogP contribution in [0, 0.1) is 0 Å². The maximum absolute atomic E-state index is 5.78. The van der Waals surface area contributed by atoms with Gasteiger partial charge in [0.1, 0.15) is 0 Å². The summed E-state index contributed by atoms with van der Waals surface area (Å²) in [5.74, 6) is 2.77. The summed E-state index contributed by atoms with van der Waals surface area (Å²) >= 11 is 11.6. The number of hydrogen-bond acceptors (Lipinski definition) is 3. The quantitative estimate of drug-likeness (QED) is 0.655. The first-order valence-electron chi connectivity index (χ1n) is 6.30. The van der Waals surface area contributed by atoms with Crippen LogP contribution in [0.3, 0.4) is 0 Å². The Morgan fingerprint density at radius 3 is 2.11 bits per heavy atom. The van der Waals surface area contributed by atoms with E-state index in [4.69, 9.17) is 32.7 Å². The second-order valence-corrected chi connectivity index (χ2v) is 4.91. The highest BCUT2D eigenvalue weighted by molar-refractivity contribution is 6.18. The number of halogens is 2. The molecule has 0 bridgehead atoms. The summed E-state index contributed by atoms with van der Waals surface area (Å²) < 4.78 is 10.5. The average molecular weight is 306 g/mol. The van der Waals surface area contributed by atoms with E-state index in [9.17, 15) is 0 Å². The molecule has 0 atom stereocenters. The molecule has 0 saturated carbocycles. The van der Waals surface area contributed by atoms with Gasteiger partial charge >= 0.3 is 0 Å². The molecule has 0 aliphatic heterocycles. The molecule has 1 aromatic carbocycles. The highest BCUT2D eigenvalue weighted by atomic mass is 35.5. The number of alkyl halides is 2. The predicted octanol–water partition coefficient (Wildman–Crippen LogP) is 3.03. The molecule has 0 fully saturated rings. The Morgan fingerprint density at radius 2 is 1.58 bits per heavy atom. The Morgan fingerprint density at radius 1 is 0.947 bits per heavy atom. The number of hydrogen-bond donors (Lipinski definition) is 0. The molecule has 19 heavy (non-hydrogen) atoms. The molecule has 0 aliphatic carbocycles. The zero-order chi connectivity index (χ0) is 14.1.